The monoisotopic (exact) mass is 392 g/mol. The zero-order chi connectivity index (χ0) is 16.5. The maximum atomic E-state index is 7.75. The van der Waals surface area contributed by atoms with Gasteiger partial charge >= 0.3 is 39.4 Å². The SMILES string of the molecule is C1=CCCC=C1.C1=CCCC=C1.[C-]#[O+].[C-]#[O+].[CH-]=O.[CH-]=O.[Co+2].[Co]. The summed E-state index contributed by atoms with van der Waals surface area (Å²) in [6.45, 7) is 15.5. The van der Waals surface area contributed by atoms with Crippen molar-refractivity contribution >= 4 is 13.6 Å². The minimum Gasteiger partial charge on any atom is -0.545 e. The van der Waals surface area contributed by atoms with E-state index in [9.17, 15) is 0 Å². The first kappa shape index (κ1) is 37.2. The van der Waals surface area contributed by atoms with E-state index < -0.39 is 0 Å². The zero-order valence-electron chi connectivity index (χ0n) is 11.9. The number of hydrogen-bond donors (Lipinski definition) is 0. The molecule has 0 aromatic carbocycles. The van der Waals surface area contributed by atoms with Crippen LogP contribution >= 0.6 is 0 Å². The van der Waals surface area contributed by atoms with Gasteiger partial charge in [-0.05, 0) is 25.7 Å². The van der Waals surface area contributed by atoms with E-state index in [4.69, 9.17) is 18.9 Å². The number of allylic oxidation sites excluding steroid dienone is 8. The Hall–Kier alpha value is -1.21. The average molecular weight is 392 g/mol. The Morgan fingerprint density at radius 3 is 0.773 bits per heavy atom. The molecule has 0 saturated heterocycles. The summed E-state index contributed by atoms with van der Waals surface area (Å²) in [5.74, 6) is 0. The van der Waals surface area contributed by atoms with Gasteiger partial charge in [0.2, 0.25) is 0 Å². The van der Waals surface area contributed by atoms with Crippen LogP contribution < -0.4 is 0 Å². The van der Waals surface area contributed by atoms with Crippen LogP contribution in [0.15, 0.2) is 48.6 Å². The van der Waals surface area contributed by atoms with Gasteiger partial charge < -0.3 is 9.59 Å². The smallest absolute Gasteiger partial charge is 0.545 e. The van der Waals surface area contributed by atoms with Gasteiger partial charge in [-0.2, -0.15) is 0 Å². The molecule has 2 aliphatic rings. The summed E-state index contributed by atoms with van der Waals surface area (Å²) in [7, 11) is 0. The minimum atomic E-state index is 0. The molecule has 0 bridgehead atoms. The second kappa shape index (κ2) is 60.0. The fourth-order valence-electron chi connectivity index (χ4n) is 1.08. The van der Waals surface area contributed by atoms with Crippen molar-refractivity contribution in [3.8, 4) is 0 Å². The van der Waals surface area contributed by atoms with Crippen LogP contribution in [-0.2, 0) is 52.5 Å². The third kappa shape index (κ3) is 51.1. The van der Waals surface area contributed by atoms with E-state index >= 15 is 0 Å². The van der Waals surface area contributed by atoms with E-state index in [1.807, 2.05) is 0 Å². The molecular formula is C16H18Co2O4. The third-order valence-corrected chi connectivity index (χ3v) is 1.77. The van der Waals surface area contributed by atoms with Crippen molar-refractivity contribution in [1.82, 2.24) is 0 Å². The second-order valence-electron chi connectivity index (χ2n) is 2.87. The summed E-state index contributed by atoms with van der Waals surface area (Å²) in [6.07, 6.45) is 22.0. The molecule has 0 saturated carbocycles. The largest absolute Gasteiger partial charge is 2.00 e. The molecule has 0 unspecified atom stereocenters. The van der Waals surface area contributed by atoms with Crippen LogP contribution in [0.4, 0.5) is 0 Å². The van der Waals surface area contributed by atoms with E-state index in [1.54, 1.807) is 0 Å². The zero-order valence-corrected chi connectivity index (χ0v) is 14.0. The van der Waals surface area contributed by atoms with Gasteiger partial charge in [0.15, 0.2) is 0 Å². The Morgan fingerprint density at radius 1 is 0.591 bits per heavy atom. The predicted molar refractivity (Wildman–Crippen MR) is 76.4 cm³/mol. The van der Waals surface area contributed by atoms with Gasteiger partial charge in [-0.3, -0.25) is 13.6 Å². The molecule has 2 radical (unpaired) electrons. The summed E-state index contributed by atoms with van der Waals surface area (Å²) in [5, 5.41) is 0. The summed E-state index contributed by atoms with van der Waals surface area (Å²) in [4.78, 5) is 15.5. The number of carbonyl (C=O) groups excluding carboxylic acids is 2. The van der Waals surface area contributed by atoms with Gasteiger partial charge in [-0.25, -0.2) is 0 Å². The van der Waals surface area contributed by atoms with Crippen molar-refractivity contribution < 1.29 is 52.5 Å². The van der Waals surface area contributed by atoms with Crippen LogP contribution in [0, 0.1) is 13.3 Å². The summed E-state index contributed by atoms with van der Waals surface area (Å²) in [6, 6.07) is 0. The summed E-state index contributed by atoms with van der Waals surface area (Å²) >= 11 is 0. The molecule has 0 N–H and O–H groups in total. The molecule has 22 heavy (non-hydrogen) atoms. The quantitative estimate of drug-likeness (QED) is 0.361. The molecule has 0 heterocycles. The van der Waals surface area contributed by atoms with Crippen LogP contribution in [0.3, 0.4) is 0 Å². The van der Waals surface area contributed by atoms with Crippen molar-refractivity contribution in [3.05, 3.63) is 61.9 Å². The molecule has 0 amide bonds. The first-order valence-electron chi connectivity index (χ1n) is 5.51. The Kier molecular flexibility index (Phi) is 102. The third-order valence-electron chi connectivity index (χ3n) is 1.77. The topological polar surface area (TPSA) is 73.9 Å². The Labute approximate surface area is 153 Å². The Bertz CT molecular complexity index is 263. The molecule has 124 valence electrons. The molecule has 0 spiro atoms. The van der Waals surface area contributed by atoms with Gasteiger partial charge in [0.25, 0.3) is 0 Å². The molecule has 2 rings (SSSR count). The van der Waals surface area contributed by atoms with E-state index in [0.29, 0.717) is 0 Å². The van der Waals surface area contributed by atoms with Crippen LogP contribution in [0.25, 0.3) is 0 Å². The van der Waals surface area contributed by atoms with E-state index in [-0.39, 0.29) is 33.6 Å². The molecule has 0 aliphatic heterocycles. The van der Waals surface area contributed by atoms with Crippen LogP contribution in [0.2, 0.25) is 0 Å². The van der Waals surface area contributed by atoms with Crippen LogP contribution in [0.1, 0.15) is 25.7 Å². The number of rotatable bonds is 0. The van der Waals surface area contributed by atoms with Gasteiger partial charge in [0.1, 0.15) is 0 Å². The van der Waals surface area contributed by atoms with Crippen LogP contribution in [-0.4, -0.2) is 13.6 Å². The van der Waals surface area contributed by atoms with Crippen molar-refractivity contribution in [2.45, 2.75) is 25.7 Å². The fourth-order valence-corrected chi connectivity index (χ4v) is 1.08. The number of hydrogen-bond acceptors (Lipinski definition) is 2. The normalized spacial score (nSPS) is 10.7. The van der Waals surface area contributed by atoms with Gasteiger partial charge in [-0.1, -0.05) is 48.6 Å². The van der Waals surface area contributed by atoms with Crippen molar-refractivity contribution in [1.29, 1.82) is 0 Å². The molecule has 0 atom stereocenters. The average Bonchev–Trinajstić information content (AvgIpc) is 2.65. The summed E-state index contributed by atoms with van der Waals surface area (Å²) in [5.41, 5.74) is 0. The first-order chi connectivity index (χ1) is 10.0. The summed E-state index contributed by atoms with van der Waals surface area (Å²) < 4.78 is 15.0. The standard InChI is InChI=1S/2C6H8.2CHO.2CO.2Co/c2*1-2-4-6-5-3-1;4*1-2;;/h2*1-4H,5-6H2;2*1H;;;;/q;;2*-1;;;;+2. The molecule has 4 nitrogen and oxygen atoms in total. The first-order valence-corrected chi connectivity index (χ1v) is 5.51. The van der Waals surface area contributed by atoms with Crippen molar-refractivity contribution in [2.75, 3.05) is 0 Å². The van der Waals surface area contributed by atoms with E-state index in [0.717, 1.165) is 0 Å². The van der Waals surface area contributed by atoms with E-state index in [2.05, 4.69) is 75.5 Å². The van der Waals surface area contributed by atoms with Crippen molar-refractivity contribution in [3.63, 3.8) is 0 Å². The van der Waals surface area contributed by atoms with Gasteiger partial charge in [0.05, 0.1) is 0 Å². The fraction of sp³-hybridized carbons (Fsp3) is 0.250. The van der Waals surface area contributed by atoms with Gasteiger partial charge in [0, 0.05) is 16.8 Å². The Balaban J connectivity index is -0.0000000380. The molecule has 0 aromatic rings. The molecule has 0 aromatic heterocycles. The second-order valence-corrected chi connectivity index (χ2v) is 2.87. The predicted octanol–water partition coefficient (Wildman–Crippen LogP) is 3.16. The van der Waals surface area contributed by atoms with Crippen LogP contribution in [0.5, 0.6) is 0 Å². The maximum Gasteiger partial charge on any atom is 2.00 e. The molecule has 6 heteroatoms. The molecule has 2 aliphatic carbocycles. The molecule has 0 fully saturated rings. The van der Waals surface area contributed by atoms with E-state index in [1.165, 1.54) is 25.7 Å². The Morgan fingerprint density at radius 2 is 0.727 bits per heavy atom. The molecular weight excluding hydrogens is 374 g/mol. The van der Waals surface area contributed by atoms with Crippen molar-refractivity contribution in [2.24, 2.45) is 0 Å². The maximum absolute atomic E-state index is 7.75. The van der Waals surface area contributed by atoms with Gasteiger partial charge in [-0.15, -0.1) is 0 Å². The minimum absolute atomic E-state index is 0.